The van der Waals surface area contributed by atoms with Crippen LogP contribution in [-0.4, -0.2) is 6.61 Å². The second kappa shape index (κ2) is 5.35. The van der Waals surface area contributed by atoms with Crippen LogP contribution in [0.5, 0.6) is 5.75 Å². The number of benzene rings is 2. The molecule has 0 spiro atoms. The minimum atomic E-state index is 0.290. The van der Waals surface area contributed by atoms with E-state index in [0.717, 1.165) is 17.0 Å². The number of nitrogen functional groups attached to an aromatic ring is 1. The van der Waals surface area contributed by atoms with Gasteiger partial charge in [0.25, 0.3) is 0 Å². The minimum Gasteiger partial charge on any atom is -0.490 e. The van der Waals surface area contributed by atoms with E-state index in [4.69, 9.17) is 10.5 Å². The Morgan fingerprint density at radius 1 is 1.00 bits per heavy atom. The molecule has 116 valence electrons. The molecule has 2 nitrogen and oxygen atoms in total. The molecule has 0 aromatic heterocycles. The van der Waals surface area contributed by atoms with Gasteiger partial charge < -0.3 is 10.5 Å². The van der Waals surface area contributed by atoms with Crippen LogP contribution in [0.2, 0.25) is 0 Å². The molecule has 2 heteroatoms. The van der Waals surface area contributed by atoms with E-state index in [-0.39, 0.29) is 5.92 Å². The summed E-state index contributed by atoms with van der Waals surface area (Å²) in [7, 11) is 0. The van der Waals surface area contributed by atoms with Crippen molar-refractivity contribution >= 4 is 5.69 Å². The molecule has 0 bridgehead atoms. The van der Waals surface area contributed by atoms with Crippen molar-refractivity contribution in [1.82, 2.24) is 0 Å². The highest BCUT2D eigenvalue weighted by Gasteiger charge is 2.31. The normalized spacial score (nSPS) is 16.7. The van der Waals surface area contributed by atoms with Gasteiger partial charge in [-0.15, -0.1) is 0 Å². The van der Waals surface area contributed by atoms with Crippen molar-refractivity contribution in [3.05, 3.63) is 57.6 Å². The lowest BCUT2D eigenvalue weighted by Gasteiger charge is -2.17. The Hall–Kier alpha value is -1.96. The Balaban J connectivity index is 2.08. The maximum Gasteiger partial charge on any atom is 0.146 e. The molecule has 0 fully saturated rings. The number of anilines is 1. The van der Waals surface area contributed by atoms with Crippen molar-refractivity contribution in [2.75, 3.05) is 12.3 Å². The Morgan fingerprint density at radius 2 is 1.64 bits per heavy atom. The highest BCUT2D eigenvalue weighted by atomic mass is 16.5. The fourth-order valence-electron chi connectivity index (χ4n) is 3.37. The summed E-state index contributed by atoms with van der Waals surface area (Å²) in [6.07, 6.45) is 0. The van der Waals surface area contributed by atoms with Crippen LogP contribution in [0.4, 0.5) is 5.69 Å². The van der Waals surface area contributed by atoms with Gasteiger partial charge in [-0.1, -0.05) is 38.1 Å². The summed E-state index contributed by atoms with van der Waals surface area (Å²) >= 11 is 0. The molecule has 1 heterocycles. The van der Waals surface area contributed by atoms with Crippen LogP contribution in [0.15, 0.2) is 24.3 Å². The molecular formula is C20H25NO. The molecule has 0 saturated heterocycles. The number of hydrogen-bond acceptors (Lipinski definition) is 2. The molecule has 1 aliphatic heterocycles. The molecule has 2 N–H and O–H groups in total. The quantitative estimate of drug-likeness (QED) is 0.804. The highest BCUT2D eigenvalue weighted by molar-refractivity contribution is 5.70. The predicted octanol–water partition coefficient (Wildman–Crippen LogP) is 4.84. The SMILES string of the molecule is Cc1c(C)c(N)c2c(c1C)C(c1ccc(C(C)C)cc1)CO2. The molecule has 1 aliphatic rings. The molecule has 22 heavy (non-hydrogen) atoms. The van der Waals surface area contributed by atoms with Crippen LogP contribution in [0.25, 0.3) is 0 Å². The predicted molar refractivity (Wildman–Crippen MR) is 92.9 cm³/mol. The van der Waals surface area contributed by atoms with Crippen molar-refractivity contribution < 1.29 is 4.74 Å². The van der Waals surface area contributed by atoms with Gasteiger partial charge in [0, 0.05) is 11.5 Å². The highest BCUT2D eigenvalue weighted by Crippen LogP contribution is 2.46. The summed E-state index contributed by atoms with van der Waals surface area (Å²) in [6, 6.07) is 8.95. The van der Waals surface area contributed by atoms with E-state index in [9.17, 15) is 0 Å². The second-order valence-electron chi connectivity index (χ2n) is 6.72. The monoisotopic (exact) mass is 295 g/mol. The lowest BCUT2D eigenvalue weighted by Crippen LogP contribution is -2.05. The third-order valence-electron chi connectivity index (χ3n) is 5.17. The first-order valence-electron chi connectivity index (χ1n) is 8.03. The molecule has 1 unspecified atom stereocenters. The Kier molecular flexibility index (Phi) is 3.64. The largest absolute Gasteiger partial charge is 0.490 e. The minimum absolute atomic E-state index is 0.290. The van der Waals surface area contributed by atoms with E-state index >= 15 is 0 Å². The van der Waals surface area contributed by atoms with Gasteiger partial charge in [0.2, 0.25) is 0 Å². The van der Waals surface area contributed by atoms with Crippen LogP contribution < -0.4 is 10.5 Å². The molecule has 0 aliphatic carbocycles. The number of nitrogens with two attached hydrogens (primary N) is 1. The Bertz CT molecular complexity index is 714. The summed E-state index contributed by atoms with van der Waals surface area (Å²) in [5.74, 6) is 1.75. The number of rotatable bonds is 2. The van der Waals surface area contributed by atoms with Crippen molar-refractivity contribution in [3.8, 4) is 5.75 Å². The van der Waals surface area contributed by atoms with Crippen molar-refractivity contribution in [2.45, 2.75) is 46.5 Å². The summed E-state index contributed by atoms with van der Waals surface area (Å²) in [4.78, 5) is 0. The van der Waals surface area contributed by atoms with E-state index in [1.54, 1.807) is 0 Å². The maximum absolute atomic E-state index is 6.28. The smallest absolute Gasteiger partial charge is 0.146 e. The van der Waals surface area contributed by atoms with Crippen LogP contribution in [0.3, 0.4) is 0 Å². The van der Waals surface area contributed by atoms with E-state index in [1.165, 1.54) is 27.8 Å². The van der Waals surface area contributed by atoms with Gasteiger partial charge in [-0.25, -0.2) is 0 Å². The van der Waals surface area contributed by atoms with Gasteiger partial charge in [-0.2, -0.15) is 0 Å². The Morgan fingerprint density at radius 3 is 2.23 bits per heavy atom. The first-order valence-corrected chi connectivity index (χ1v) is 8.03. The van der Waals surface area contributed by atoms with Crippen molar-refractivity contribution in [3.63, 3.8) is 0 Å². The molecule has 2 aromatic carbocycles. The molecule has 3 rings (SSSR count). The van der Waals surface area contributed by atoms with Gasteiger partial charge in [0.05, 0.1) is 12.3 Å². The third-order valence-corrected chi connectivity index (χ3v) is 5.17. The van der Waals surface area contributed by atoms with E-state index in [2.05, 4.69) is 58.9 Å². The van der Waals surface area contributed by atoms with Crippen molar-refractivity contribution in [2.24, 2.45) is 0 Å². The summed E-state index contributed by atoms with van der Waals surface area (Å²) < 4.78 is 5.97. The summed E-state index contributed by atoms with van der Waals surface area (Å²) in [5.41, 5.74) is 14.8. The Labute approximate surface area is 133 Å². The van der Waals surface area contributed by atoms with Gasteiger partial charge in [0.15, 0.2) is 0 Å². The van der Waals surface area contributed by atoms with Crippen LogP contribution in [-0.2, 0) is 0 Å². The molecule has 0 amide bonds. The molecule has 0 radical (unpaired) electrons. The topological polar surface area (TPSA) is 35.2 Å². The van der Waals surface area contributed by atoms with Crippen LogP contribution in [0.1, 0.15) is 59.1 Å². The first kappa shape index (κ1) is 15.0. The van der Waals surface area contributed by atoms with Gasteiger partial charge in [0.1, 0.15) is 5.75 Å². The second-order valence-corrected chi connectivity index (χ2v) is 6.72. The van der Waals surface area contributed by atoms with Crippen LogP contribution in [0, 0.1) is 20.8 Å². The van der Waals surface area contributed by atoms with Gasteiger partial charge in [-0.05, 0) is 54.5 Å². The van der Waals surface area contributed by atoms with E-state index < -0.39 is 0 Å². The zero-order valence-electron chi connectivity index (χ0n) is 14.2. The molecule has 1 atom stereocenters. The fourth-order valence-corrected chi connectivity index (χ4v) is 3.37. The van der Waals surface area contributed by atoms with E-state index in [0.29, 0.717) is 12.5 Å². The number of ether oxygens (including phenoxy) is 1. The zero-order chi connectivity index (χ0) is 16.0. The summed E-state index contributed by atoms with van der Waals surface area (Å²) in [5, 5.41) is 0. The number of fused-ring (bicyclic) bond motifs is 1. The average molecular weight is 295 g/mol. The maximum atomic E-state index is 6.28. The third kappa shape index (κ3) is 2.18. The first-order chi connectivity index (χ1) is 10.4. The van der Waals surface area contributed by atoms with Gasteiger partial charge >= 0.3 is 0 Å². The summed E-state index contributed by atoms with van der Waals surface area (Å²) in [6.45, 7) is 11.5. The van der Waals surface area contributed by atoms with Gasteiger partial charge in [-0.3, -0.25) is 0 Å². The van der Waals surface area contributed by atoms with E-state index in [1.807, 2.05) is 0 Å². The average Bonchev–Trinajstić information content (AvgIpc) is 2.96. The molecular weight excluding hydrogens is 270 g/mol. The van der Waals surface area contributed by atoms with Crippen LogP contribution >= 0.6 is 0 Å². The zero-order valence-corrected chi connectivity index (χ0v) is 14.2. The number of hydrogen-bond donors (Lipinski definition) is 1. The lowest BCUT2D eigenvalue weighted by molar-refractivity contribution is 0.344. The lowest BCUT2D eigenvalue weighted by atomic mass is 9.85. The molecule has 0 saturated carbocycles. The standard InChI is InChI=1S/C20H25NO/c1-11(2)15-6-8-16(9-7-15)17-10-22-20-18(17)13(4)12(3)14(5)19(20)21/h6-9,11,17H,10,21H2,1-5H3. The van der Waals surface area contributed by atoms with Crippen molar-refractivity contribution in [1.29, 1.82) is 0 Å². The molecule has 2 aromatic rings. The fraction of sp³-hybridized carbons (Fsp3) is 0.400.